The van der Waals surface area contributed by atoms with Crippen LogP contribution in [0.5, 0.6) is 5.75 Å². The van der Waals surface area contributed by atoms with E-state index >= 15 is 0 Å². The molecule has 1 aromatic heterocycles. The third kappa shape index (κ3) is 3.69. The number of hydrogen-bond acceptors (Lipinski definition) is 3. The summed E-state index contributed by atoms with van der Waals surface area (Å²) in [5, 5.41) is 10.7. The van der Waals surface area contributed by atoms with Crippen molar-refractivity contribution in [1.29, 1.82) is 0 Å². The quantitative estimate of drug-likeness (QED) is 0.694. The summed E-state index contributed by atoms with van der Waals surface area (Å²) in [7, 11) is 0. The van der Waals surface area contributed by atoms with Gasteiger partial charge in [-0.05, 0) is 51.0 Å². The Balaban J connectivity index is 2.67. The number of carbonyl (C=O) groups excluding carboxylic acids is 1. The van der Waals surface area contributed by atoms with E-state index in [1.807, 2.05) is 41.5 Å². The molecule has 2 aromatic rings. The van der Waals surface area contributed by atoms with Crippen molar-refractivity contribution in [2.45, 2.75) is 52.4 Å². The molecule has 0 saturated carbocycles. The Morgan fingerprint density at radius 2 is 1.48 bits per heavy atom. The summed E-state index contributed by atoms with van der Waals surface area (Å²) in [5.41, 5.74) is 1.51. The Labute approximate surface area is 145 Å². The first kappa shape index (κ1) is 17.8. The van der Waals surface area contributed by atoms with Crippen molar-refractivity contribution >= 4 is 21.7 Å². The van der Waals surface area contributed by atoms with Gasteiger partial charge >= 0.3 is 0 Å². The molecule has 1 N–H and O–H groups in total. The topological polar surface area (TPSA) is 50.4 Å². The molecule has 4 heteroatoms. The van der Waals surface area contributed by atoms with Gasteiger partial charge in [0.05, 0.1) is 0 Å². The highest BCUT2D eigenvalue weighted by Gasteiger charge is 2.28. The predicted molar refractivity (Wildman–Crippen MR) is 95.3 cm³/mol. The molecule has 1 aromatic carbocycles. The highest BCUT2D eigenvalue weighted by Crippen LogP contribution is 2.40. The lowest BCUT2D eigenvalue weighted by Crippen LogP contribution is -2.19. The van der Waals surface area contributed by atoms with Gasteiger partial charge in [-0.15, -0.1) is 0 Å². The predicted octanol–water partition coefficient (Wildman–Crippen LogP) is 5.57. The second-order valence-electron chi connectivity index (χ2n) is 7.85. The molecule has 0 aliphatic rings. The maximum Gasteiger partial charge on any atom is 0.228 e. The van der Waals surface area contributed by atoms with Gasteiger partial charge in [0.25, 0.3) is 0 Å². The number of furan rings is 1. The standard InChI is InChI=1S/C19H23BrO3/c1-18(2,3)12-9-11(10-13(17(12)22)19(4,5)6)16(21)14-7-8-15(20)23-14/h7-10,22H,1-6H3. The second-order valence-corrected chi connectivity index (χ2v) is 8.63. The summed E-state index contributed by atoms with van der Waals surface area (Å²) >= 11 is 3.22. The molecule has 0 radical (unpaired) electrons. The van der Waals surface area contributed by atoms with Gasteiger partial charge in [0.2, 0.25) is 5.78 Å². The van der Waals surface area contributed by atoms with Crippen molar-refractivity contribution in [3.8, 4) is 5.75 Å². The zero-order valence-corrected chi connectivity index (χ0v) is 16.0. The number of halogens is 1. The van der Waals surface area contributed by atoms with Gasteiger partial charge in [-0.3, -0.25) is 4.79 Å². The van der Waals surface area contributed by atoms with Crippen LogP contribution in [0, 0.1) is 0 Å². The number of phenols is 1. The van der Waals surface area contributed by atoms with Gasteiger partial charge in [-0.25, -0.2) is 0 Å². The fraction of sp³-hybridized carbons (Fsp3) is 0.421. The number of aromatic hydroxyl groups is 1. The van der Waals surface area contributed by atoms with Crippen LogP contribution in [0.4, 0.5) is 0 Å². The monoisotopic (exact) mass is 378 g/mol. The Kier molecular flexibility index (Phi) is 4.51. The summed E-state index contributed by atoms with van der Waals surface area (Å²) in [6.07, 6.45) is 0. The van der Waals surface area contributed by atoms with E-state index < -0.39 is 0 Å². The molecule has 0 aliphatic carbocycles. The normalized spacial score (nSPS) is 12.5. The van der Waals surface area contributed by atoms with Crippen molar-refractivity contribution in [2.24, 2.45) is 0 Å². The maximum absolute atomic E-state index is 12.7. The highest BCUT2D eigenvalue weighted by molar-refractivity contribution is 9.10. The SMILES string of the molecule is CC(C)(C)c1cc(C(=O)c2ccc(Br)o2)cc(C(C)(C)C)c1O. The maximum atomic E-state index is 12.7. The summed E-state index contributed by atoms with van der Waals surface area (Å²) in [6.45, 7) is 12.1. The summed E-state index contributed by atoms with van der Waals surface area (Å²) in [6, 6.07) is 6.88. The first-order valence-corrected chi connectivity index (χ1v) is 8.38. The van der Waals surface area contributed by atoms with Crippen molar-refractivity contribution < 1.29 is 14.3 Å². The van der Waals surface area contributed by atoms with Crippen LogP contribution in [0.15, 0.2) is 33.4 Å². The molecular weight excluding hydrogens is 356 g/mol. The minimum atomic E-state index is -0.274. The average Bonchev–Trinajstić information content (AvgIpc) is 2.82. The van der Waals surface area contributed by atoms with Crippen LogP contribution < -0.4 is 0 Å². The number of hydrogen-bond donors (Lipinski definition) is 1. The third-order valence-corrected chi connectivity index (χ3v) is 4.21. The number of benzene rings is 1. The Morgan fingerprint density at radius 1 is 1.00 bits per heavy atom. The number of ketones is 1. The molecule has 1 heterocycles. The van der Waals surface area contributed by atoms with E-state index in [2.05, 4.69) is 15.9 Å². The number of carbonyl (C=O) groups is 1. The third-order valence-electron chi connectivity index (χ3n) is 3.79. The van der Waals surface area contributed by atoms with Gasteiger partial charge in [0, 0.05) is 16.7 Å². The fourth-order valence-corrected chi connectivity index (χ4v) is 2.79. The average molecular weight is 379 g/mol. The minimum absolute atomic E-state index is 0.188. The second kappa shape index (κ2) is 5.82. The lowest BCUT2D eigenvalue weighted by Gasteiger charge is -2.28. The Hall–Kier alpha value is -1.55. The molecule has 3 nitrogen and oxygen atoms in total. The molecule has 0 aliphatic heterocycles. The zero-order chi connectivity index (χ0) is 17.6. The van der Waals surface area contributed by atoms with Gasteiger partial charge in [0.1, 0.15) is 5.75 Å². The summed E-state index contributed by atoms with van der Waals surface area (Å²) in [5.74, 6) is 0.358. The van der Waals surface area contributed by atoms with Crippen LogP contribution in [0.2, 0.25) is 0 Å². The van der Waals surface area contributed by atoms with Crippen LogP contribution in [-0.2, 0) is 10.8 Å². The van der Waals surface area contributed by atoms with Gasteiger partial charge < -0.3 is 9.52 Å². The molecule has 23 heavy (non-hydrogen) atoms. The molecule has 0 atom stereocenters. The zero-order valence-electron chi connectivity index (χ0n) is 14.5. The van der Waals surface area contributed by atoms with Crippen LogP contribution in [0.25, 0.3) is 0 Å². The first-order chi connectivity index (χ1) is 10.4. The molecule has 0 spiro atoms. The van der Waals surface area contributed by atoms with Crippen molar-refractivity contribution in [3.63, 3.8) is 0 Å². The van der Waals surface area contributed by atoms with Crippen LogP contribution in [0.1, 0.15) is 68.8 Å². The van der Waals surface area contributed by atoms with Crippen molar-refractivity contribution in [1.82, 2.24) is 0 Å². The molecule has 2 rings (SSSR count). The molecular formula is C19H23BrO3. The smallest absolute Gasteiger partial charge is 0.228 e. The summed E-state index contributed by atoms with van der Waals surface area (Å²) in [4.78, 5) is 12.7. The van der Waals surface area contributed by atoms with Gasteiger partial charge in [0.15, 0.2) is 10.4 Å². The van der Waals surface area contributed by atoms with Gasteiger partial charge in [-0.2, -0.15) is 0 Å². The van der Waals surface area contributed by atoms with E-state index in [0.717, 1.165) is 11.1 Å². The van der Waals surface area contributed by atoms with Crippen LogP contribution >= 0.6 is 15.9 Å². The number of rotatable bonds is 2. The first-order valence-electron chi connectivity index (χ1n) is 7.59. The van der Waals surface area contributed by atoms with E-state index in [1.165, 1.54) is 0 Å². The van der Waals surface area contributed by atoms with E-state index in [0.29, 0.717) is 10.2 Å². The largest absolute Gasteiger partial charge is 0.507 e. The Bertz CT molecular complexity index is 708. The lowest BCUT2D eigenvalue weighted by molar-refractivity contribution is 0.101. The van der Waals surface area contributed by atoms with Crippen LogP contribution in [0.3, 0.4) is 0 Å². The lowest BCUT2D eigenvalue weighted by atomic mass is 9.78. The number of phenolic OH excluding ortho intramolecular Hbond substituents is 1. The van der Waals surface area contributed by atoms with E-state index in [4.69, 9.17) is 4.42 Å². The molecule has 0 bridgehead atoms. The van der Waals surface area contributed by atoms with E-state index in [-0.39, 0.29) is 28.1 Å². The Morgan fingerprint density at radius 3 is 1.83 bits per heavy atom. The molecule has 124 valence electrons. The molecule has 0 amide bonds. The van der Waals surface area contributed by atoms with E-state index in [1.54, 1.807) is 24.3 Å². The molecule has 0 unspecified atom stereocenters. The molecule has 0 saturated heterocycles. The minimum Gasteiger partial charge on any atom is -0.507 e. The van der Waals surface area contributed by atoms with Gasteiger partial charge in [-0.1, -0.05) is 41.5 Å². The fourth-order valence-electron chi connectivity index (χ4n) is 2.49. The molecule has 0 fully saturated rings. The van der Waals surface area contributed by atoms with Crippen molar-refractivity contribution in [2.75, 3.05) is 0 Å². The van der Waals surface area contributed by atoms with Crippen LogP contribution in [-0.4, -0.2) is 10.9 Å². The summed E-state index contributed by atoms with van der Waals surface area (Å²) < 4.78 is 5.91. The highest BCUT2D eigenvalue weighted by atomic mass is 79.9. The van der Waals surface area contributed by atoms with Crippen molar-refractivity contribution in [3.05, 3.63) is 51.4 Å². The van der Waals surface area contributed by atoms with E-state index in [9.17, 15) is 9.90 Å².